The lowest BCUT2D eigenvalue weighted by Crippen LogP contribution is -2.07. The molecule has 0 aliphatic heterocycles. The largest absolute Gasteiger partial charge is 0.359 e. The molecule has 0 aliphatic rings. The number of hydrogen-bond donors (Lipinski definition) is 0. The lowest BCUT2D eigenvalue weighted by molar-refractivity contribution is -0.0603. The van der Waals surface area contributed by atoms with Gasteiger partial charge in [-0.2, -0.15) is 0 Å². The molecule has 1 unspecified atom stereocenters. The average Bonchev–Trinajstić information content (AvgIpc) is 2.19. The topological polar surface area (TPSA) is 18.5 Å². The van der Waals surface area contributed by atoms with Gasteiger partial charge in [0.2, 0.25) is 0 Å². The zero-order chi connectivity index (χ0) is 10.4. The molecule has 0 radical (unpaired) electrons. The van der Waals surface area contributed by atoms with Crippen LogP contribution in [-0.4, -0.2) is 13.9 Å². The first-order valence-electron chi connectivity index (χ1n) is 4.56. The van der Waals surface area contributed by atoms with Crippen molar-refractivity contribution in [1.29, 1.82) is 0 Å². The number of benzene rings is 1. The lowest BCUT2D eigenvalue weighted by Gasteiger charge is -2.17. The molecule has 14 heavy (non-hydrogen) atoms. The molecule has 0 fully saturated rings. The van der Waals surface area contributed by atoms with Crippen LogP contribution in [0.5, 0.6) is 0 Å². The highest BCUT2D eigenvalue weighted by molar-refractivity contribution is 5.23. The predicted molar refractivity (Wildman–Crippen MR) is 57.0 cm³/mol. The lowest BCUT2D eigenvalue weighted by atomic mass is 10.0. The van der Waals surface area contributed by atoms with Crippen molar-refractivity contribution >= 4 is 0 Å². The summed E-state index contributed by atoms with van der Waals surface area (Å²) in [6.07, 6.45) is -0.0730. The smallest absolute Gasteiger partial charge is 0.147 e. The molecular weight excluding hydrogens is 176 g/mol. The Hall–Kier alpha value is -1.12. The fourth-order valence-electron chi connectivity index (χ4n) is 1.29. The summed E-state index contributed by atoms with van der Waals surface area (Å²) in [5.74, 6) is 0. The molecule has 2 nitrogen and oxygen atoms in total. The van der Waals surface area contributed by atoms with Gasteiger partial charge in [0.25, 0.3) is 0 Å². The molecule has 1 aromatic rings. The van der Waals surface area contributed by atoms with Gasteiger partial charge in [0.1, 0.15) is 12.9 Å². The summed E-state index contributed by atoms with van der Waals surface area (Å²) in [5.41, 5.74) is 2.09. The van der Waals surface area contributed by atoms with Crippen LogP contribution < -0.4 is 0 Å². The van der Waals surface area contributed by atoms with Crippen molar-refractivity contribution < 1.29 is 9.47 Å². The van der Waals surface area contributed by atoms with Gasteiger partial charge in [-0.3, -0.25) is 0 Å². The Balaban J connectivity index is 2.73. The molecule has 0 spiro atoms. The molecule has 0 bridgehead atoms. The number of hydrogen-bond acceptors (Lipinski definition) is 2. The molecule has 0 N–H and O–H groups in total. The highest BCUT2D eigenvalue weighted by Crippen LogP contribution is 2.23. The zero-order valence-corrected chi connectivity index (χ0v) is 8.69. The van der Waals surface area contributed by atoms with Crippen LogP contribution in [0.4, 0.5) is 0 Å². The second-order valence-electron chi connectivity index (χ2n) is 3.21. The van der Waals surface area contributed by atoms with Gasteiger partial charge in [0.05, 0.1) is 0 Å². The maximum Gasteiger partial charge on any atom is 0.147 e. The van der Waals surface area contributed by atoms with Gasteiger partial charge in [0, 0.05) is 7.11 Å². The van der Waals surface area contributed by atoms with Crippen molar-refractivity contribution in [1.82, 2.24) is 0 Å². The Labute approximate surface area is 85.2 Å². The van der Waals surface area contributed by atoms with E-state index in [0.29, 0.717) is 0 Å². The molecule has 0 heterocycles. The Morgan fingerprint density at radius 1 is 1.36 bits per heavy atom. The van der Waals surface area contributed by atoms with Gasteiger partial charge in [-0.25, -0.2) is 0 Å². The molecule has 0 saturated carbocycles. The van der Waals surface area contributed by atoms with E-state index in [1.807, 2.05) is 37.3 Å². The molecule has 1 aromatic carbocycles. The van der Waals surface area contributed by atoms with Crippen molar-refractivity contribution in [3.8, 4) is 0 Å². The van der Waals surface area contributed by atoms with Crippen LogP contribution in [0.1, 0.15) is 18.6 Å². The highest BCUT2D eigenvalue weighted by atomic mass is 16.7. The fourth-order valence-corrected chi connectivity index (χ4v) is 1.29. The van der Waals surface area contributed by atoms with Crippen LogP contribution in [0.3, 0.4) is 0 Å². The normalized spacial score (nSPS) is 12.4. The maximum absolute atomic E-state index is 5.52. The van der Waals surface area contributed by atoms with Crippen LogP contribution in [0, 0.1) is 0 Å². The van der Waals surface area contributed by atoms with E-state index in [2.05, 4.69) is 6.58 Å². The van der Waals surface area contributed by atoms with E-state index in [1.54, 1.807) is 7.11 Å². The van der Waals surface area contributed by atoms with Crippen LogP contribution in [0.25, 0.3) is 0 Å². The quantitative estimate of drug-likeness (QED) is 0.527. The van der Waals surface area contributed by atoms with Crippen molar-refractivity contribution in [3.05, 3.63) is 48.0 Å². The summed E-state index contributed by atoms with van der Waals surface area (Å²) < 4.78 is 10.4. The first kappa shape index (κ1) is 11.0. The summed E-state index contributed by atoms with van der Waals surface area (Å²) in [5, 5.41) is 0. The third-order valence-corrected chi connectivity index (χ3v) is 1.90. The minimum Gasteiger partial charge on any atom is -0.359 e. The van der Waals surface area contributed by atoms with E-state index < -0.39 is 0 Å². The Morgan fingerprint density at radius 2 is 2.00 bits per heavy atom. The Morgan fingerprint density at radius 3 is 2.50 bits per heavy atom. The summed E-state index contributed by atoms with van der Waals surface area (Å²) in [6, 6.07) is 10.0. The van der Waals surface area contributed by atoms with E-state index in [1.165, 1.54) is 0 Å². The number of rotatable bonds is 5. The van der Waals surface area contributed by atoms with E-state index in [0.717, 1.165) is 11.1 Å². The SMILES string of the molecule is C=C(C)C(OCOC)c1ccccc1. The molecular formula is C12H16O2. The highest BCUT2D eigenvalue weighted by Gasteiger charge is 2.11. The summed E-state index contributed by atoms with van der Waals surface area (Å²) >= 11 is 0. The minimum atomic E-state index is -0.0730. The van der Waals surface area contributed by atoms with Gasteiger partial charge >= 0.3 is 0 Å². The molecule has 0 aliphatic carbocycles. The molecule has 1 rings (SSSR count). The minimum absolute atomic E-state index is 0.0730. The van der Waals surface area contributed by atoms with Crippen LogP contribution >= 0.6 is 0 Å². The van der Waals surface area contributed by atoms with Crippen molar-refractivity contribution in [2.24, 2.45) is 0 Å². The summed E-state index contributed by atoms with van der Waals surface area (Å²) in [4.78, 5) is 0. The van der Waals surface area contributed by atoms with Gasteiger partial charge in [0.15, 0.2) is 0 Å². The first-order chi connectivity index (χ1) is 6.75. The zero-order valence-electron chi connectivity index (χ0n) is 8.69. The monoisotopic (exact) mass is 192 g/mol. The molecule has 0 amide bonds. The second kappa shape index (κ2) is 5.58. The average molecular weight is 192 g/mol. The molecule has 76 valence electrons. The maximum atomic E-state index is 5.52. The van der Waals surface area contributed by atoms with Crippen LogP contribution in [-0.2, 0) is 9.47 Å². The third-order valence-electron chi connectivity index (χ3n) is 1.90. The van der Waals surface area contributed by atoms with Gasteiger partial charge in [-0.15, -0.1) is 0 Å². The summed E-state index contributed by atoms with van der Waals surface area (Å²) in [7, 11) is 1.61. The van der Waals surface area contributed by atoms with Crippen molar-refractivity contribution in [2.75, 3.05) is 13.9 Å². The van der Waals surface area contributed by atoms with Crippen molar-refractivity contribution in [3.63, 3.8) is 0 Å². The summed E-state index contributed by atoms with van der Waals surface area (Å²) in [6.45, 7) is 6.14. The van der Waals surface area contributed by atoms with E-state index in [9.17, 15) is 0 Å². The fraction of sp³-hybridized carbons (Fsp3) is 0.333. The van der Waals surface area contributed by atoms with Crippen LogP contribution in [0.2, 0.25) is 0 Å². The molecule has 0 saturated heterocycles. The Bertz CT molecular complexity index is 280. The third kappa shape index (κ3) is 2.98. The van der Waals surface area contributed by atoms with Gasteiger partial charge in [-0.1, -0.05) is 36.9 Å². The van der Waals surface area contributed by atoms with Gasteiger partial charge < -0.3 is 9.47 Å². The molecule has 0 aromatic heterocycles. The van der Waals surface area contributed by atoms with Crippen molar-refractivity contribution in [2.45, 2.75) is 13.0 Å². The molecule has 2 heteroatoms. The standard InChI is InChI=1S/C12H16O2/c1-10(2)12(14-9-13-3)11-7-5-4-6-8-11/h4-8,12H,1,9H2,2-3H3. The second-order valence-corrected chi connectivity index (χ2v) is 3.21. The van der Waals surface area contributed by atoms with E-state index in [-0.39, 0.29) is 12.9 Å². The van der Waals surface area contributed by atoms with E-state index in [4.69, 9.17) is 9.47 Å². The first-order valence-corrected chi connectivity index (χ1v) is 4.56. The van der Waals surface area contributed by atoms with Gasteiger partial charge in [-0.05, 0) is 18.1 Å². The number of ether oxygens (including phenoxy) is 2. The van der Waals surface area contributed by atoms with E-state index >= 15 is 0 Å². The Kier molecular flexibility index (Phi) is 4.36. The predicted octanol–water partition coefficient (Wildman–Crippen LogP) is 2.92. The number of methoxy groups -OCH3 is 1. The van der Waals surface area contributed by atoms with Crippen LogP contribution in [0.15, 0.2) is 42.5 Å². The molecule has 1 atom stereocenters.